The molecule has 0 spiro atoms. The van der Waals surface area contributed by atoms with Crippen molar-refractivity contribution in [3.63, 3.8) is 0 Å². The van der Waals surface area contributed by atoms with Gasteiger partial charge in [0.25, 0.3) is 0 Å². The standard InChI is InChI=1S/C12H18N2/c1-10-7-14(8-11(10)2)9-12-3-5-13-6-4-12/h3-6,10-11H,7-9H2,1-2H3. The Balaban J connectivity index is 1.94. The van der Waals surface area contributed by atoms with Gasteiger partial charge in [-0.25, -0.2) is 0 Å². The van der Waals surface area contributed by atoms with Gasteiger partial charge in [-0.1, -0.05) is 13.8 Å². The molecule has 1 saturated heterocycles. The maximum absolute atomic E-state index is 4.03. The Labute approximate surface area is 86.0 Å². The van der Waals surface area contributed by atoms with Gasteiger partial charge in [0.1, 0.15) is 0 Å². The largest absolute Gasteiger partial charge is 0.299 e. The van der Waals surface area contributed by atoms with Gasteiger partial charge in [-0.15, -0.1) is 0 Å². The molecule has 0 aliphatic carbocycles. The van der Waals surface area contributed by atoms with Crippen LogP contribution in [0.3, 0.4) is 0 Å². The topological polar surface area (TPSA) is 16.1 Å². The molecule has 0 bridgehead atoms. The van der Waals surface area contributed by atoms with Gasteiger partial charge in [-0.2, -0.15) is 0 Å². The number of pyridine rings is 1. The molecule has 2 nitrogen and oxygen atoms in total. The van der Waals surface area contributed by atoms with Gasteiger partial charge in [0, 0.05) is 32.0 Å². The molecule has 2 atom stereocenters. The lowest BCUT2D eigenvalue weighted by molar-refractivity contribution is 0.316. The van der Waals surface area contributed by atoms with E-state index in [1.165, 1.54) is 18.7 Å². The first-order valence-corrected chi connectivity index (χ1v) is 5.37. The van der Waals surface area contributed by atoms with E-state index < -0.39 is 0 Å². The smallest absolute Gasteiger partial charge is 0.0271 e. The third kappa shape index (κ3) is 2.13. The van der Waals surface area contributed by atoms with E-state index in [2.05, 4.69) is 35.9 Å². The van der Waals surface area contributed by atoms with Gasteiger partial charge in [0.05, 0.1) is 0 Å². The highest BCUT2D eigenvalue weighted by atomic mass is 15.1. The second-order valence-electron chi connectivity index (χ2n) is 4.50. The zero-order valence-electron chi connectivity index (χ0n) is 8.98. The molecule has 0 saturated carbocycles. The van der Waals surface area contributed by atoms with Crippen LogP contribution in [0.5, 0.6) is 0 Å². The average molecular weight is 190 g/mol. The summed E-state index contributed by atoms with van der Waals surface area (Å²) in [5, 5.41) is 0. The monoisotopic (exact) mass is 190 g/mol. The van der Waals surface area contributed by atoms with Gasteiger partial charge in [-0.05, 0) is 29.5 Å². The summed E-state index contributed by atoms with van der Waals surface area (Å²) in [5.41, 5.74) is 1.38. The third-order valence-corrected chi connectivity index (χ3v) is 3.22. The molecular formula is C12H18N2. The molecule has 0 aromatic carbocycles. The third-order valence-electron chi connectivity index (χ3n) is 3.22. The molecule has 76 valence electrons. The van der Waals surface area contributed by atoms with Crippen molar-refractivity contribution < 1.29 is 0 Å². The lowest BCUT2D eigenvalue weighted by Crippen LogP contribution is -2.19. The van der Waals surface area contributed by atoms with Crippen LogP contribution in [0.15, 0.2) is 24.5 Å². The fourth-order valence-corrected chi connectivity index (χ4v) is 2.12. The minimum absolute atomic E-state index is 0.844. The van der Waals surface area contributed by atoms with E-state index in [0.717, 1.165) is 18.4 Å². The molecule has 14 heavy (non-hydrogen) atoms. The summed E-state index contributed by atoms with van der Waals surface area (Å²) < 4.78 is 0. The summed E-state index contributed by atoms with van der Waals surface area (Å²) in [4.78, 5) is 6.56. The summed E-state index contributed by atoms with van der Waals surface area (Å²) in [6, 6.07) is 4.21. The summed E-state index contributed by atoms with van der Waals surface area (Å²) in [7, 11) is 0. The van der Waals surface area contributed by atoms with Gasteiger partial charge in [0.15, 0.2) is 0 Å². The lowest BCUT2D eigenvalue weighted by Gasteiger charge is -2.14. The van der Waals surface area contributed by atoms with Crippen LogP contribution >= 0.6 is 0 Å². The summed E-state index contributed by atoms with van der Waals surface area (Å²) in [6.45, 7) is 8.25. The van der Waals surface area contributed by atoms with E-state index in [1.54, 1.807) is 0 Å². The van der Waals surface area contributed by atoms with Crippen molar-refractivity contribution in [2.45, 2.75) is 20.4 Å². The molecule has 2 unspecified atom stereocenters. The molecular weight excluding hydrogens is 172 g/mol. The Morgan fingerprint density at radius 3 is 2.36 bits per heavy atom. The van der Waals surface area contributed by atoms with Gasteiger partial charge in [0.2, 0.25) is 0 Å². The van der Waals surface area contributed by atoms with Gasteiger partial charge in [-0.3, -0.25) is 9.88 Å². The molecule has 0 N–H and O–H groups in total. The number of aromatic nitrogens is 1. The van der Waals surface area contributed by atoms with E-state index in [-0.39, 0.29) is 0 Å². The van der Waals surface area contributed by atoms with E-state index in [9.17, 15) is 0 Å². The maximum Gasteiger partial charge on any atom is 0.0271 e. The predicted molar refractivity (Wildman–Crippen MR) is 57.8 cm³/mol. The second kappa shape index (κ2) is 4.09. The fourth-order valence-electron chi connectivity index (χ4n) is 2.12. The summed E-state index contributed by atoms with van der Waals surface area (Å²) >= 11 is 0. The fraction of sp³-hybridized carbons (Fsp3) is 0.583. The van der Waals surface area contributed by atoms with Crippen molar-refractivity contribution in [1.82, 2.24) is 9.88 Å². The van der Waals surface area contributed by atoms with Crippen LogP contribution in [0.1, 0.15) is 19.4 Å². The van der Waals surface area contributed by atoms with Crippen LogP contribution in [-0.2, 0) is 6.54 Å². The van der Waals surface area contributed by atoms with Crippen molar-refractivity contribution >= 4 is 0 Å². The maximum atomic E-state index is 4.03. The first-order chi connectivity index (χ1) is 6.75. The lowest BCUT2D eigenvalue weighted by atomic mass is 10.0. The number of rotatable bonds is 2. The first kappa shape index (κ1) is 9.66. The normalized spacial score (nSPS) is 28.1. The van der Waals surface area contributed by atoms with Crippen molar-refractivity contribution in [3.8, 4) is 0 Å². The van der Waals surface area contributed by atoms with E-state index >= 15 is 0 Å². The quantitative estimate of drug-likeness (QED) is 0.710. The Bertz CT molecular complexity index is 274. The number of hydrogen-bond acceptors (Lipinski definition) is 2. The van der Waals surface area contributed by atoms with Gasteiger partial charge >= 0.3 is 0 Å². The Hall–Kier alpha value is -0.890. The first-order valence-electron chi connectivity index (χ1n) is 5.37. The molecule has 0 radical (unpaired) electrons. The van der Waals surface area contributed by atoms with E-state index in [0.29, 0.717) is 0 Å². The predicted octanol–water partition coefficient (Wildman–Crippen LogP) is 2.17. The van der Waals surface area contributed by atoms with Crippen molar-refractivity contribution in [2.75, 3.05) is 13.1 Å². The highest BCUT2D eigenvalue weighted by Gasteiger charge is 2.25. The van der Waals surface area contributed by atoms with Crippen LogP contribution in [0.2, 0.25) is 0 Å². The highest BCUT2D eigenvalue weighted by molar-refractivity contribution is 5.09. The van der Waals surface area contributed by atoms with Crippen molar-refractivity contribution in [3.05, 3.63) is 30.1 Å². The number of nitrogens with zero attached hydrogens (tertiary/aromatic N) is 2. The average Bonchev–Trinajstić information content (AvgIpc) is 2.47. The Kier molecular flexibility index (Phi) is 2.82. The molecule has 1 aliphatic heterocycles. The minimum atomic E-state index is 0.844. The molecule has 1 aliphatic rings. The summed E-state index contributed by atoms with van der Waals surface area (Å²) in [6.07, 6.45) is 3.75. The highest BCUT2D eigenvalue weighted by Crippen LogP contribution is 2.23. The zero-order chi connectivity index (χ0) is 9.97. The molecule has 1 aromatic rings. The Morgan fingerprint density at radius 1 is 1.21 bits per heavy atom. The van der Waals surface area contributed by atoms with E-state index in [4.69, 9.17) is 0 Å². The zero-order valence-corrected chi connectivity index (χ0v) is 8.98. The van der Waals surface area contributed by atoms with Crippen molar-refractivity contribution in [2.24, 2.45) is 11.8 Å². The van der Waals surface area contributed by atoms with E-state index in [1.807, 2.05) is 12.4 Å². The number of hydrogen-bond donors (Lipinski definition) is 0. The molecule has 2 heterocycles. The molecule has 0 amide bonds. The summed E-state index contributed by atoms with van der Waals surface area (Å²) in [5.74, 6) is 1.69. The Morgan fingerprint density at radius 2 is 1.79 bits per heavy atom. The van der Waals surface area contributed by atoms with Crippen LogP contribution < -0.4 is 0 Å². The molecule has 2 rings (SSSR count). The van der Waals surface area contributed by atoms with Crippen LogP contribution in [0.25, 0.3) is 0 Å². The number of likely N-dealkylation sites (tertiary alicyclic amines) is 1. The van der Waals surface area contributed by atoms with Crippen molar-refractivity contribution in [1.29, 1.82) is 0 Å². The minimum Gasteiger partial charge on any atom is -0.299 e. The molecule has 1 fully saturated rings. The molecule has 2 heteroatoms. The molecule has 1 aromatic heterocycles. The second-order valence-corrected chi connectivity index (χ2v) is 4.50. The SMILES string of the molecule is CC1CN(Cc2ccncc2)CC1C. The van der Waals surface area contributed by atoms with Crippen LogP contribution in [0.4, 0.5) is 0 Å². The van der Waals surface area contributed by atoms with Crippen LogP contribution in [0, 0.1) is 11.8 Å². The van der Waals surface area contributed by atoms with Crippen LogP contribution in [-0.4, -0.2) is 23.0 Å². The van der Waals surface area contributed by atoms with Gasteiger partial charge < -0.3 is 0 Å².